The Bertz CT molecular complexity index is 506. The second-order valence-corrected chi connectivity index (χ2v) is 4.30. The molecule has 0 fully saturated rings. The van der Waals surface area contributed by atoms with Crippen molar-refractivity contribution < 1.29 is 4.39 Å². The summed E-state index contributed by atoms with van der Waals surface area (Å²) in [7, 11) is 0. The number of nitrogens with zero attached hydrogens (tertiary/aromatic N) is 2. The molecular weight excluding hydrogens is 287 g/mol. The van der Waals surface area contributed by atoms with E-state index in [1.54, 1.807) is 24.5 Å². The first kappa shape index (κ1) is 12.1. The normalized spacial score (nSPS) is 12.4. The molecule has 0 spiro atoms. The smallest absolute Gasteiger partial charge is 0.137 e. The molecule has 3 N–H and O–H groups in total. The van der Waals surface area contributed by atoms with Gasteiger partial charge in [0.15, 0.2) is 0 Å². The van der Waals surface area contributed by atoms with Crippen LogP contribution in [0.2, 0.25) is 0 Å². The highest BCUT2D eigenvalue weighted by molar-refractivity contribution is 9.10. The fraction of sp³-hybridized carbons (Fsp3) is 0.0909. The van der Waals surface area contributed by atoms with Gasteiger partial charge < -0.3 is 0 Å². The molecule has 0 aliphatic rings. The van der Waals surface area contributed by atoms with E-state index < -0.39 is 0 Å². The van der Waals surface area contributed by atoms with Gasteiger partial charge in [0, 0.05) is 18.0 Å². The number of aromatic nitrogens is 2. The van der Waals surface area contributed by atoms with Gasteiger partial charge in [-0.15, -0.1) is 0 Å². The van der Waals surface area contributed by atoms with Crippen LogP contribution in [-0.4, -0.2) is 9.97 Å². The van der Waals surface area contributed by atoms with Crippen LogP contribution >= 0.6 is 15.9 Å². The molecule has 6 heteroatoms. The third kappa shape index (κ3) is 2.66. The van der Waals surface area contributed by atoms with E-state index in [9.17, 15) is 4.39 Å². The van der Waals surface area contributed by atoms with E-state index in [0.717, 1.165) is 5.56 Å². The third-order valence-electron chi connectivity index (χ3n) is 2.36. The molecule has 0 aliphatic heterocycles. The van der Waals surface area contributed by atoms with Gasteiger partial charge in [0.2, 0.25) is 0 Å². The summed E-state index contributed by atoms with van der Waals surface area (Å²) in [5, 5.41) is 0. The number of hydrogen-bond acceptors (Lipinski definition) is 4. The molecule has 1 heterocycles. The summed E-state index contributed by atoms with van der Waals surface area (Å²) in [6.45, 7) is 0. The van der Waals surface area contributed by atoms with Crippen LogP contribution in [0.15, 0.2) is 41.4 Å². The first-order valence-corrected chi connectivity index (χ1v) is 5.67. The molecule has 88 valence electrons. The standard InChI is InChI=1S/C11H10BrFN4/c12-9-2-1-7(3-10(9)13)11(17-14)8-4-15-6-16-5-8/h1-6,11,17H,14H2. The molecule has 1 aromatic heterocycles. The lowest BCUT2D eigenvalue weighted by Gasteiger charge is -2.16. The summed E-state index contributed by atoms with van der Waals surface area (Å²) in [4.78, 5) is 7.82. The highest BCUT2D eigenvalue weighted by atomic mass is 79.9. The van der Waals surface area contributed by atoms with Crippen molar-refractivity contribution in [1.82, 2.24) is 15.4 Å². The van der Waals surface area contributed by atoms with Crippen LogP contribution in [0.25, 0.3) is 0 Å². The van der Waals surface area contributed by atoms with Gasteiger partial charge in [-0.3, -0.25) is 5.84 Å². The maximum atomic E-state index is 13.4. The van der Waals surface area contributed by atoms with E-state index in [4.69, 9.17) is 5.84 Å². The Hall–Kier alpha value is -1.37. The zero-order chi connectivity index (χ0) is 12.3. The quantitative estimate of drug-likeness (QED) is 0.671. The highest BCUT2D eigenvalue weighted by Crippen LogP contribution is 2.24. The van der Waals surface area contributed by atoms with Crippen LogP contribution in [0.4, 0.5) is 4.39 Å². The average Bonchev–Trinajstić information content (AvgIpc) is 2.36. The van der Waals surface area contributed by atoms with Gasteiger partial charge in [-0.2, -0.15) is 0 Å². The predicted octanol–water partition coefficient (Wildman–Crippen LogP) is 1.93. The van der Waals surface area contributed by atoms with Gasteiger partial charge in [-0.05, 0) is 33.6 Å². The third-order valence-corrected chi connectivity index (χ3v) is 3.00. The van der Waals surface area contributed by atoms with E-state index in [1.165, 1.54) is 12.4 Å². The summed E-state index contributed by atoms with van der Waals surface area (Å²) in [5.74, 6) is 5.15. The van der Waals surface area contributed by atoms with Crippen LogP contribution < -0.4 is 11.3 Å². The van der Waals surface area contributed by atoms with E-state index in [-0.39, 0.29) is 11.9 Å². The largest absolute Gasteiger partial charge is 0.271 e. The Balaban J connectivity index is 2.39. The maximum Gasteiger partial charge on any atom is 0.137 e. The SMILES string of the molecule is NNC(c1cncnc1)c1ccc(Br)c(F)c1. The second kappa shape index (κ2) is 5.31. The molecule has 1 unspecified atom stereocenters. The van der Waals surface area contributed by atoms with Crippen molar-refractivity contribution in [3.8, 4) is 0 Å². The van der Waals surface area contributed by atoms with Gasteiger partial charge in [-0.25, -0.2) is 19.8 Å². The lowest BCUT2D eigenvalue weighted by Crippen LogP contribution is -2.29. The summed E-state index contributed by atoms with van der Waals surface area (Å²) in [5.41, 5.74) is 4.11. The lowest BCUT2D eigenvalue weighted by atomic mass is 10.0. The van der Waals surface area contributed by atoms with Crippen LogP contribution in [0.5, 0.6) is 0 Å². The summed E-state index contributed by atoms with van der Waals surface area (Å²) in [6.07, 6.45) is 4.70. The van der Waals surface area contributed by atoms with E-state index in [0.29, 0.717) is 10.0 Å². The average molecular weight is 297 g/mol. The van der Waals surface area contributed by atoms with Crippen LogP contribution in [0, 0.1) is 5.82 Å². The fourth-order valence-electron chi connectivity index (χ4n) is 1.54. The monoisotopic (exact) mass is 296 g/mol. The van der Waals surface area contributed by atoms with Crippen molar-refractivity contribution in [2.45, 2.75) is 6.04 Å². The van der Waals surface area contributed by atoms with Gasteiger partial charge in [0.1, 0.15) is 12.1 Å². The first-order chi connectivity index (χ1) is 8.22. The predicted molar refractivity (Wildman–Crippen MR) is 65.3 cm³/mol. The van der Waals surface area contributed by atoms with Gasteiger partial charge in [0.05, 0.1) is 10.5 Å². The number of nitrogens with one attached hydrogen (secondary N) is 1. The zero-order valence-corrected chi connectivity index (χ0v) is 10.4. The number of halogens is 2. The molecule has 0 saturated carbocycles. The highest BCUT2D eigenvalue weighted by Gasteiger charge is 2.14. The Morgan fingerprint density at radius 3 is 2.53 bits per heavy atom. The summed E-state index contributed by atoms with van der Waals surface area (Å²) >= 11 is 3.11. The summed E-state index contributed by atoms with van der Waals surface area (Å²) in [6, 6.07) is 4.50. The van der Waals surface area contributed by atoms with Crippen molar-refractivity contribution in [2.75, 3.05) is 0 Å². The number of rotatable bonds is 3. The van der Waals surface area contributed by atoms with Crippen molar-refractivity contribution in [3.63, 3.8) is 0 Å². The minimum Gasteiger partial charge on any atom is -0.271 e. The number of hydrazine groups is 1. The minimum atomic E-state index is -0.334. The number of benzene rings is 1. The van der Waals surface area contributed by atoms with Crippen molar-refractivity contribution >= 4 is 15.9 Å². The zero-order valence-electron chi connectivity index (χ0n) is 8.77. The van der Waals surface area contributed by atoms with Crippen LogP contribution in [-0.2, 0) is 0 Å². The van der Waals surface area contributed by atoms with E-state index in [1.807, 2.05) is 0 Å². The molecule has 0 amide bonds. The van der Waals surface area contributed by atoms with Crippen molar-refractivity contribution in [3.05, 3.63) is 58.3 Å². The molecule has 17 heavy (non-hydrogen) atoms. The van der Waals surface area contributed by atoms with Crippen LogP contribution in [0.1, 0.15) is 17.2 Å². The lowest BCUT2D eigenvalue weighted by molar-refractivity contribution is 0.599. The topological polar surface area (TPSA) is 63.8 Å². The number of nitrogens with two attached hydrogens (primary N) is 1. The molecule has 0 aliphatic carbocycles. The first-order valence-electron chi connectivity index (χ1n) is 4.88. The Morgan fingerprint density at radius 1 is 1.24 bits per heavy atom. The van der Waals surface area contributed by atoms with Crippen LogP contribution in [0.3, 0.4) is 0 Å². The fourth-order valence-corrected chi connectivity index (χ4v) is 1.78. The molecule has 4 nitrogen and oxygen atoms in total. The Kier molecular flexibility index (Phi) is 3.78. The van der Waals surface area contributed by atoms with Gasteiger partial charge in [-0.1, -0.05) is 6.07 Å². The maximum absolute atomic E-state index is 13.4. The molecule has 0 radical (unpaired) electrons. The molecular formula is C11H10BrFN4. The summed E-state index contributed by atoms with van der Waals surface area (Å²) < 4.78 is 13.9. The van der Waals surface area contributed by atoms with E-state index >= 15 is 0 Å². The van der Waals surface area contributed by atoms with Gasteiger partial charge >= 0.3 is 0 Å². The second-order valence-electron chi connectivity index (χ2n) is 3.45. The molecule has 1 atom stereocenters. The molecule has 0 saturated heterocycles. The molecule has 0 bridgehead atoms. The molecule has 1 aromatic carbocycles. The number of hydrogen-bond donors (Lipinski definition) is 2. The Morgan fingerprint density at radius 2 is 1.94 bits per heavy atom. The van der Waals surface area contributed by atoms with Crippen molar-refractivity contribution in [1.29, 1.82) is 0 Å². The Labute approximate surface area is 106 Å². The van der Waals surface area contributed by atoms with E-state index in [2.05, 4.69) is 31.3 Å². The molecule has 2 rings (SSSR count). The minimum absolute atomic E-state index is 0.334. The molecule has 2 aromatic rings. The van der Waals surface area contributed by atoms with Crippen molar-refractivity contribution in [2.24, 2.45) is 5.84 Å². The van der Waals surface area contributed by atoms with Gasteiger partial charge in [0.25, 0.3) is 0 Å².